The third-order valence-corrected chi connectivity index (χ3v) is 7.08. The summed E-state index contributed by atoms with van der Waals surface area (Å²) in [4.78, 5) is 29.1. The number of methoxy groups -OCH3 is 1. The van der Waals surface area contributed by atoms with Gasteiger partial charge in [0.2, 0.25) is 0 Å². The van der Waals surface area contributed by atoms with Crippen LogP contribution >= 0.6 is 11.6 Å². The minimum atomic E-state index is -1.43. The Balaban J connectivity index is 1.61. The first-order valence-electron chi connectivity index (χ1n) is 10.9. The number of aliphatic hydroxyl groups is 2. The maximum Gasteiger partial charge on any atom is 0.316 e. The van der Waals surface area contributed by atoms with Crippen molar-refractivity contribution in [2.75, 3.05) is 26.7 Å². The molecule has 0 aromatic heterocycles. The fourth-order valence-electron chi connectivity index (χ4n) is 5.02. The SMILES string of the molecule is COc1ccc(C2(O)CCN(C(=O)[C@]3(c4ccc(Cl)cc4)C[C@@H](O)CN3C(N)=O)CC2)cc1. The van der Waals surface area contributed by atoms with E-state index in [4.69, 9.17) is 22.1 Å². The van der Waals surface area contributed by atoms with Crippen LogP contribution in [0.5, 0.6) is 5.75 Å². The quantitative estimate of drug-likeness (QED) is 0.629. The van der Waals surface area contributed by atoms with Crippen molar-refractivity contribution in [1.29, 1.82) is 0 Å². The number of β-amino-alcohol motifs (C(OH)–C–C–N with tert-alkyl or cyclic N) is 1. The molecule has 3 amide bonds. The number of likely N-dealkylation sites (tertiary alicyclic amines) is 2. The Labute approximate surface area is 197 Å². The zero-order valence-electron chi connectivity index (χ0n) is 18.4. The van der Waals surface area contributed by atoms with Crippen LogP contribution in [0.4, 0.5) is 4.79 Å². The van der Waals surface area contributed by atoms with Crippen molar-refractivity contribution in [2.24, 2.45) is 5.73 Å². The largest absolute Gasteiger partial charge is 0.497 e. The van der Waals surface area contributed by atoms with E-state index in [0.29, 0.717) is 42.3 Å². The highest BCUT2D eigenvalue weighted by Crippen LogP contribution is 2.43. The van der Waals surface area contributed by atoms with Crippen LogP contribution in [0.1, 0.15) is 30.4 Å². The van der Waals surface area contributed by atoms with Crippen LogP contribution in [0.25, 0.3) is 0 Å². The summed E-state index contributed by atoms with van der Waals surface area (Å²) in [5.74, 6) is 0.378. The number of carbonyl (C=O) groups is 2. The molecule has 0 saturated carbocycles. The lowest BCUT2D eigenvalue weighted by Gasteiger charge is -2.44. The first-order valence-corrected chi connectivity index (χ1v) is 11.2. The molecule has 2 aromatic carbocycles. The molecule has 2 aromatic rings. The lowest BCUT2D eigenvalue weighted by atomic mass is 9.81. The number of urea groups is 1. The Hall–Kier alpha value is -2.81. The van der Waals surface area contributed by atoms with Crippen molar-refractivity contribution in [1.82, 2.24) is 9.80 Å². The average Bonchev–Trinajstić information content (AvgIpc) is 3.18. The smallest absolute Gasteiger partial charge is 0.316 e. The molecule has 176 valence electrons. The van der Waals surface area contributed by atoms with Gasteiger partial charge in [-0.2, -0.15) is 0 Å². The number of amides is 3. The monoisotopic (exact) mass is 473 g/mol. The third-order valence-electron chi connectivity index (χ3n) is 6.83. The van der Waals surface area contributed by atoms with Gasteiger partial charge in [0.1, 0.15) is 5.75 Å². The molecule has 0 aliphatic carbocycles. The summed E-state index contributed by atoms with van der Waals surface area (Å²) in [7, 11) is 1.58. The first kappa shape index (κ1) is 23.4. The molecule has 33 heavy (non-hydrogen) atoms. The fraction of sp³-hybridized carbons (Fsp3) is 0.417. The minimum Gasteiger partial charge on any atom is -0.497 e. The molecule has 4 rings (SSSR count). The van der Waals surface area contributed by atoms with Crippen LogP contribution in [0.15, 0.2) is 48.5 Å². The Kier molecular flexibility index (Phi) is 6.26. The highest BCUT2D eigenvalue weighted by Gasteiger charge is 2.56. The Morgan fingerprint density at radius 3 is 2.18 bits per heavy atom. The second-order valence-corrected chi connectivity index (χ2v) is 9.16. The molecular formula is C24H28ClN3O5. The van der Waals surface area contributed by atoms with Gasteiger partial charge in [0.05, 0.1) is 18.8 Å². The van der Waals surface area contributed by atoms with E-state index in [1.54, 1.807) is 48.4 Å². The molecule has 0 bridgehead atoms. The molecule has 2 atom stereocenters. The van der Waals surface area contributed by atoms with E-state index in [1.807, 2.05) is 12.1 Å². The molecule has 2 saturated heterocycles. The predicted octanol–water partition coefficient (Wildman–Crippen LogP) is 2.20. The van der Waals surface area contributed by atoms with Gasteiger partial charge in [0.15, 0.2) is 5.54 Å². The van der Waals surface area contributed by atoms with E-state index >= 15 is 0 Å². The molecule has 0 radical (unpaired) electrons. The van der Waals surface area contributed by atoms with Crippen molar-refractivity contribution >= 4 is 23.5 Å². The van der Waals surface area contributed by atoms with Gasteiger partial charge in [-0.05, 0) is 48.2 Å². The van der Waals surface area contributed by atoms with Crippen LogP contribution in [-0.4, -0.2) is 64.8 Å². The summed E-state index contributed by atoms with van der Waals surface area (Å²) in [5.41, 5.74) is 4.45. The standard InChI is InChI=1S/C24H28ClN3O5/c1-33-20-8-4-16(5-9-20)23(32)10-12-27(13-11-23)21(30)24(17-2-6-18(25)7-3-17)14-19(29)15-28(24)22(26)31/h2-9,19,29,32H,10-15H2,1H3,(H2,26,31)/t19-,24-/m1/s1. The van der Waals surface area contributed by atoms with E-state index in [9.17, 15) is 19.8 Å². The number of primary amides is 1. The number of hydrogen-bond acceptors (Lipinski definition) is 5. The van der Waals surface area contributed by atoms with E-state index in [0.717, 1.165) is 5.56 Å². The summed E-state index contributed by atoms with van der Waals surface area (Å²) in [6.45, 7) is 0.548. The Morgan fingerprint density at radius 2 is 1.64 bits per heavy atom. The highest BCUT2D eigenvalue weighted by molar-refractivity contribution is 6.30. The number of carbonyl (C=O) groups excluding carboxylic acids is 2. The fourth-order valence-corrected chi connectivity index (χ4v) is 5.14. The molecule has 2 fully saturated rings. The molecule has 9 heteroatoms. The van der Waals surface area contributed by atoms with Gasteiger partial charge < -0.3 is 30.5 Å². The molecule has 8 nitrogen and oxygen atoms in total. The van der Waals surface area contributed by atoms with Crippen LogP contribution < -0.4 is 10.5 Å². The highest BCUT2D eigenvalue weighted by atomic mass is 35.5. The van der Waals surface area contributed by atoms with E-state index < -0.39 is 23.3 Å². The van der Waals surface area contributed by atoms with E-state index in [2.05, 4.69) is 0 Å². The number of ether oxygens (including phenoxy) is 1. The third kappa shape index (κ3) is 4.14. The Morgan fingerprint density at radius 1 is 1.06 bits per heavy atom. The number of aliphatic hydroxyl groups excluding tert-OH is 1. The average molecular weight is 474 g/mol. The molecule has 2 heterocycles. The Bertz CT molecular complexity index is 1020. The number of benzene rings is 2. The zero-order chi connectivity index (χ0) is 23.8. The maximum absolute atomic E-state index is 13.9. The van der Waals surface area contributed by atoms with Gasteiger partial charge in [-0.15, -0.1) is 0 Å². The molecule has 2 aliphatic heterocycles. The van der Waals surface area contributed by atoms with Gasteiger partial charge in [-0.3, -0.25) is 4.79 Å². The normalized spacial score (nSPS) is 24.5. The minimum absolute atomic E-state index is 0.0344. The van der Waals surface area contributed by atoms with E-state index in [-0.39, 0.29) is 18.9 Å². The second kappa shape index (κ2) is 8.85. The summed E-state index contributed by atoms with van der Waals surface area (Å²) in [6, 6.07) is 13.1. The lowest BCUT2D eigenvalue weighted by molar-refractivity contribution is -0.146. The number of hydrogen-bond donors (Lipinski definition) is 3. The van der Waals surface area contributed by atoms with Gasteiger partial charge >= 0.3 is 6.03 Å². The number of rotatable bonds is 4. The molecule has 4 N–H and O–H groups in total. The van der Waals surface area contributed by atoms with Gasteiger partial charge in [-0.1, -0.05) is 35.9 Å². The van der Waals surface area contributed by atoms with Crippen molar-refractivity contribution in [3.05, 3.63) is 64.7 Å². The summed E-state index contributed by atoms with van der Waals surface area (Å²) in [5, 5.41) is 22.2. The van der Waals surface area contributed by atoms with Crippen molar-refractivity contribution in [3.8, 4) is 5.75 Å². The van der Waals surface area contributed by atoms with Gasteiger partial charge in [-0.25, -0.2) is 4.79 Å². The van der Waals surface area contributed by atoms with Crippen LogP contribution in [-0.2, 0) is 15.9 Å². The van der Waals surface area contributed by atoms with Gasteiger partial charge in [0.25, 0.3) is 5.91 Å². The molecule has 0 unspecified atom stereocenters. The van der Waals surface area contributed by atoms with Crippen LogP contribution in [0.3, 0.4) is 0 Å². The summed E-state index contributed by atoms with van der Waals surface area (Å²) >= 11 is 6.04. The van der Waals surface area contributed by atoms with Crippen LogP contribution in [0.2, 0.25) is 5.02 Å². The number of halogens is 1. The van der Waals surface area contributed by atoms with Crippen molar-refractivity contribution in [2.45, 2.75) is 36.5 Å². The van der Waals surface area contributed by atoms with Crippen LogP contribution in [0, 0.1) is 0 Å². The van der Waals surface area contributed by atoms with Crippen molar-refractivity contribution < 1.29 is 24.5 Å². The molecule has 0 spiro atoms. The topological polar surface area (TPSA) is 116 Å². The van der Waals surface area contributed by atoms with Gasteiger partial charge in [0, 0.05) is 31.1 Å². The first-order chi connectivity index (χ1) is 15.7. The number of piperidine rings is 1. The lowest BCUT2D eigenvalue weighted by Crippen LogP contribution is -2.59. The predicted molar refractivity (Wildman–Crippen MR) is 123 cm³/mol. The summed E-state index contributed by atoms with van der Waals surface area (Å²) < 4.78 is 5.19. The van der Waals surface area contributed by atoms with E-state index in [1.165, 1.54) is 4.90 Å². The van der Waals surface area contributed by atoms with Crippen molar-refractivity contribution in [3.63, 3.8) is 0 Å². The molecule has 2 aliphatic rings. The zero-order valence-corrected chi connectivity index (χ0v) is 19.2. The second-order valence-electron chi connectivity index (χ2n) is 8.73. The maximum atomic E-state index is 13.9. The number of nitrogens with two attached hydrogens (primary N) is 1. The number of nitrogens with zero attached hydrogens (tertiary/aromatic N) is 2. The summed E-state index contributed by atoms with van der Waals surface area (Å²) in [6.07, 6.45) is -0.185. The molecular weight excluding hydrogens is 446 g/mol.